The number of carbonyl (C=O) groups is 2. The SMILES string of the molecule is O=C(OC1(OC(=O)C(F)(F)F)CCCC1)C(F)(F)F. The van der Waals surface area contributed by atoms with Crippen LogP contribution in [0.1, 0.15) is 25.7 Å². The minimum Gasteiger partial charge on any atom is -0.416 e. The van der Waals surface area contributed by atoms with Gasteiger partial charge in [-0.1, -0.05) is 0 Å². The summed E-state index contributed by atoms with van der Waals surface area (Å²) in [6, 6.07) is 0. The smallest absolute Gasteiger partial charge is 0.416 e. The fraction of sp³-hybridized carbons (Fsp3) is 0.778. The van der Waals surface area contributed by atoms with Crippen molar-refractivity contribution >= 4 is 11.9 Å². The van der Waals surface area contributed by atoms with Crippen LogP contribution in [-0.4, -0.2) is 30.1 Å². The van der Waals surface area contributed by atoms with Gasteiger partial charge in [-0.2, -0.15) is 26.3 Å². The van der Waals surface area contributed by atoms with Gasteiger partial charge >= 0.3 is 24.3 Å². The molecule has 0 atom stereocenters. The average Bonchev–Trinajstić information content (AvgIpc) is 2.63. The lowest BCUT2D eigenvalue weighted by molar-refractivity contribution is -0.270. The Morgan fingerprint density at radius 1 is 0.789 bits per heavy atom. The molecule has 1 aliphatic rings. The van der Waals surface area contributed by atoms with Crippen LogP contribution in [0.5, 0.6) is 0 Å². The number of alkyl halides is 6. The van der Waals surface area contributed by atoms with Crippen molar-refractivity contribution in [3.8, 4) is 0 Å². The zero-order valence-electron chi connectivity index (χ0n) is 9.23. The first kappa shape index (κ1) is 15.6. The van der Waals surface area contributed by atoms with Crippen LogP contribution in [0.25, 0.3) is 0 Å². The van der Waals surface area contributed by atoms with Crippen LogP contribution in [0.4, 0.5) is 26.3 Å². The molecule has 0 N–H and O–H groups in total. The molecule has 0 radical (unpaired) electrons. The van der Waals surface area contributed by atoms with Crippen molar-refractivity contribution in [1.29, 1.82) is 0 Å². The van der Waals surface area contributed by atoms with E-state index in [1.54, 1.807) is 0 Å². The summed E-state index contributed by atoms with van der Waals surface area (Å²) in [7, 11) is 0. The normalized spacial score (nSPS) is 19.1. The van der Waals surface area contributed by atoms with Crippen molar-refractivity contribution in [2.24, 2.45) is 0 Å². The molecule has 19 heavy (non-hydrogen) atoms. The number of hydrogen-bond donors (Lipinski definition) is 0. The van der Waals surface area contributed by atoms with E-state index >= 15 is 0 Å². The number of esters is 2. The molecule has 10 heteroatoms. The summed E-state index contributed by atoms with van der Waals surface area (Å²) < 4.78 is 79.9. The second kappa shape index (κ2) is 4.89. The Morgan fingerprint density at radius 3 is 1.37 bits per heavy atom. The van der Waals surface area contributed by atoms with Gasteiger partial charge in [0.25, 0.3) is 5.79 Å². The minimum absolute atomic E-state index is 0.177. The summed E-state index contributed by atoms with van der Waals surface area (Å²) in [6.07, 6.45) is -11.2. The van der Waals surface area contributed by atoms with Gasteiger partial charge in [-0.15, -0.1) is 0 Å². The highest BCUT2D eigenvalue weighted by molar-refractivity contribution is 5.78. The highest BCUT2D eigenvalue weighted by Crippen LogP contribution is 2.38. The first-order chi connectivity index (χ1) is 8.46. The van der Waals surface area contributed by atoms with Crippen molar-refractivity contribution in [3.05, 3.63) is 0 Å². The summed E-state index contributed by atoms with van der Waals surface area (Å²) in [5.41, 5.74) is 0. The Bertz CT molecular complexity index is 336. The van der Waals surface area contributed by atoms with E-state index in [4.69, 9.17) is 0 Å². The van der Waals surface area contributed by atoms with Crippen LogP contribution < -0.4 is 0 Å². The largest absolute Gasteiger partial charge is 0.491 e. The van der Waals surface area contributed by atoms with Crippen molar-refractivity contribution in [3.63, 3.8) is 0 Å². The average molecular weight is 294 g/mol. The molecule has 0 spiro atoms. The fourth-order valence-corrected chi connectivity index (χ4v) is 1.59. The number of hydrogen-bond acceptors (Lipinski definition) is 4. The maximum Gasteiger partial charge on any atom is 0.491 e. The second-order valence-electron chi connectivity index (χ2n) is 3.89. The third kappa shape index (κ3) is 4.00. The maximum atomic E-state index is 12.0. The van der Waals surface area contributed by atoms with E-state index in [0.717, 1.165) is 0 Å². The molecule has 1 saturated carbocycles. The van der Waals surface area contributed by atoms with E-state index in [1.165, 1.54) is 0 Å². The van der Waals surface area contributed by atoms with E-state index in [0.29, 0.717) is 0 Å². The van der Waals surface area contributed by atoms with Crippen LogP contribution in [0.3, 0.4) is 0 Å². The zero-order chi connectivity index (χ0) is 14.9. The van der Waals surface area contributed by atoms with E-state index < -0.39 is 42.9 Å². The lowest BCUT2D eigenvalue weighted by atomic mass is 10.2. The lowest BCUT2D eigenvalue weighted by Crippen LogP contribution is -2.44. The Morgan fingerprint density at radius 2 is 1.11 bits per heavy atom. The van der Waals surface area contributed by atoms with Crippen LogP contribution in [0.2, 0.25) is 0 Å². The molecule has 0 unspecified atom stereocenters. The number of rotatable bonds is 2. The quantitative estimate of drug-likeness (QED) is 0.446. The van der Waals surface area contributed by atoms with E-state index in [2.05, 4.69) is 9.47 Å². The maximum absolute atomic E-state index is 12.0. The van der Waals surface area contributed by atoms with Gasteiger partial charge in [0, 0.05) is 12.8 Å². The Balaban J connectivity index is 2.82. The summed E-state index contributed by atoms with van der Waals surface area (Å²) in [5.74, 6) is -7.87. The van der Waals surface area contributed by atoms with Gasteiger partial charge in [-0.05, 0) is 12.8 Å². The zero-order valence-corrected chi connectivity index (χ0v) is 9.23. The van der Waals surface area contributed by atoms with Crippen LogP contribution in [0.15, 0.2) is 0 Å². The Hall–Kier alpha value is -1.48. The fourth-order valence-electron chi connectivity index (χ4n) is 1.59. The molecule has 4 nitrogen and oxygen atoms in total. The van der Waals surface area contributed by atoms with Gasteiger partial charge in [0.15, 0.2) is 0 Å². The van der Waals surface area contributed by atoms with Crippen LogP contribution >= 0.6 is 0 Å². The molecular formula is C9H8F6O4. The number of carbonyl (C=O) groups excluding carboxylic acids is 2. The first-order valence-electron chi connectivity index (χ1n) is 5.07. The molecule has 0 heterocycles. The predicted octanol–water partition coefficient (Wildman–Crippen LogP) is 2.47. The third-order valence-electron chi connectivity index (χ3n) is 2.39. The van der Waals surface area contributed by atoms with Crippen molar-refractivity contribution in [2.45, 2.75) is 43.8 Å². The van der Waals surface area contributed by atoms with Gasteiger partial charge in [-0.25, -0.2) is 9.59 Å². The van der Waals surface area contributed by atoms with Gasteiger partial charge in [0.05, 0.1) is 0 Å². The first-order valence-corrected chi connectivity index (χ1v) is 5.07. The lowest BCUT2D eigenvalue weighted by Gasteiger charge is -2.29. The van der Waals surface area contributed by atoms with Gasteiger partial charge < -0.3 is 9.47 Å². The number of ether oxygens (including phenoxy) is 2. The molecule has 0 bridgehead atoms. The molecular weight excluding hydrogens is 286 g/mol. The molecule has 1 aliphatic carbocycles. The van der Waals surface area contributed by atoms with Crippen LogP contribution in [0, 0.1) is 0 Å². The predicted molar refractivity (Wildman–Crippen MR) is 45.5 cm³/mol. The van der Waals surface area contributed by atoms with Crippen molar-refractivity contribution in [1.82, 2.24) is 0 Å². The molecule has 0 amide bonds. The molecule has 1 rings (SSSR count). The standard InChI is InChI=1S/C9H8F6O4/c10-8(11,12)5(16)18-7(3-1-2-4-7)19-6(17)9(13,14)15/h1-4H2. The Kier molecular flexibility index (Phi) is 4.01. The van der Waals surface area contributed by atoms with Gasteiger partial charge in [-0.3, -0.25) is 0 Å². The van der Waals surface area contributed by atoms with Crippen molar-refractivity contribution < 1.29 is 45.4 Å². The van der Waals surface area contributed by atoms with E-state index in [9.17, 15) is 35.9 Å². The van der Waals surface area contributed by atoms with E-state index in [-0.39, 0.29) is 12.8 Å². The molecule has 1 fully saturated rings. The molecule has 0 aromatic rings. The summed E-state index contributed by atoms with van der Waals surface area (Å²) in [5, 5.41) is 0. The molecule has 0 saturated heterocycles. The highest BCUT2D eigenvalue weighted by atomic mass is 19.4. The molecule has 0 aromatic carbocycles. The van der Waals surface area contributed by atoms with E-state index in [1.807, 2.05) is 0 Å². The third-order valence-corrected chi connectivity index (χ3v) is 2.39. The molecule has 0 aliphatic heterocycles. The molecule has 110 valence electrons. The van der Waals surface area contributed by atoms with Gasteiger partial charge in [0.2, 0.25) is 0 Å². The Labute approximate surface area is 102 Å². The summed E-state index contributed by atoms with van der Waals surface area (Å²) in [4.78, 5) is 21.3. The van der Waals surface area contributed by atoms with Crippen LogP contribution in [-0.2, 0) is 19.1 Å². The van der Waals surface area contributed by atoms with Crippen molar-refractivity contribution in [2.75, 3.05) is 0 Å². The second-order valence-corrected chi connectivity index (χ2v) is 3.89. The minimum atomic E-state index is -5.37. The highest BCUT2D eigenvalue weighted by Gasteiger charge is 2.53. The topological polar surface area (TPSA) is 52.6 Å². The summed E-state index contributed by atoms with van der Waals surface area (Å²) in [6.45, 7) is 0. The molecule has 0 aromatic heterocycles. The summed E-state index contributed by atoms with van der Waals surface area (Å²) >= 11 is 0. The monoisotopic (exact) mass is 294 g/mol. The number of halogens is 6. The van der Waals surface area contributed by atoms with Gasteiger partial charge in [0.1, 0.15) is 0 Å².